The van der Waals surface area contributed by atoms with E-state index in [0.717, 1.165) is 23.6 Å². The third-order valence-corrected chi connectivity index (χ3v) is 2.88. The Morgan fingerprint density at radius 1 is 1.33 bits per heavy atom. The van der Waals surface area contributed by atoms with Crippen molar-refractivity contribution in [3.05, 3.63) is 47.8 Å². The van der Waals surface area contributed by atoms with Crippen molar-refractivity contribution < 1.29 is 4.74 Å². The Morgan fingerprint density at radius 3 is 2.61 bits per heavy atom. The van der Waals surface area contributed by atoms with Gasteiger partial charge in [-0.15, -0.1) is 0 Å². The minimum atomic E-state index is 0.397. The van der Waals surface area contributed by atoms with Crippen molar-refractivity contribution in [1.29, 1.82) is 0 Å². The van der Waals surface area contributed by atoms with Gasteiger partial charge in [0.1, 0.15) is 17.3 Å². The predicted molar refractivity (Wildman–Crippen MR) is 74.8 cm³/mol. The molecule has 0 saturated heterocycles. The van der Waals surface area contributed by atoms with Crippen LogP contribution in [0.3, 0.4) is 0 Å². The fourth-order valence-corrected chi connectivity index (χ4v) is 1.73. The molecule has 18 heavy (non-hydrogen) atoms. The molecule has 0 fully saturated rings. The van der Waals surface area contributed by atoms with Crippen LogP contribution in [0, 0.1) is 6.92 Å². The zero-order valence-electron chi connectivity index (χ0n) is 10.2. The average molecular weight is 261 g/mol. The Hall–Kier alpha value is -1.88. The van der Waals surface area contributed by atoms with Gasteiger partial charge in [0.05, 0.1) is 6.54 Å². The normalized spacial score (nSPS) is 10.3. The summed E-state index contributed by atoms with van der Waals surface area (Å²) >= 11 is 4.89. The molecule has 4 nitrogen and oxygen atoms in total. The van der Waals surface area contributed by atoms with Crippen LogP contribution >= 0.6 is 12.2 Å². The highest BCUT2D eigenvalue weighted by atomic mass is 32.1. The van der Waals surface area contributed by atoms with Crippen molar-refractivity contribution in [2.45, 2.75) is 13.5 Å². The van der Waals surface area contributed by atoms with Gasteiger partial charge in [0, 0.05) is 17.5 Å². The summed E-state index contributed by atoms with van der Waals surface area (Å²) in [6, 6.07) is 9.42. The highest BCUT2D eigenvalue weighted by Gasteiger charge is 1.99. The van der Waals surface area contributed by atoms with Gasteiger partial charge in [-0.1, -0.05) is 12.2 Å². The Balaban J connectivity index is 1.87. The van der Waals surface area contributed by atoms with E-state index in [9.17, 15) is 0 Å². The molecular weight excluding hydrogens is 246 g/mol. The molecule has 0 aliphatic heterocycles. The van der Waals surface area contributed by atoms with E-state index in [4.69, 9.17) is 22.7 Å². The van der Waals surface area contributed by atoms with Gasteiger partial charge in [0.2, 0.25) is 0 Å². The fraction of sp³-hybridized carbons (Fsp3) is 0.231. The third kappa shape index (κ3) is 3.07. The van der Waals surface area contributed by atoms with Gasteiger partial charge in [0.25, 0.3) is 0 Å². The van der Waals surface area contributed by atoms with E-state index in [1.165, 1.54) is 0 Å². The quantitative estimate of drug-likeness (QED) is 0.835. The largest absolute Gasteiger partial charge is 0.492 e. The maximum Gasteiger partial charge on any atom is 0.119 e. The molecule has 0 aliphatic rings. The number of thiocarbonyl (C=S) groups is 1. The summed E-state index contributed by atoms with van der Waals surface area (Å²) in [4.78, 5) is 0.397. The maximum absolute atomic E-state index is 5.62. The van der Waals surface area contributed by atoms with Gasteiger partial charge >= 0.3 is 0 Å². The molecule has 1 heterocycles. The number of hydrogen-bond acceptors (Lipinski definition) is 3. The van der Waals surface area contributed by atoms with Crippen molar-refractivity contribution in [3.63, 3.8) is 0 Å². The number of hydrogen-bond donors (Lipinski definition) is 1. The third-order valence-electron chi connectivity index (χ3n) is 2.64. The molecule has 94 valence electrons. The van der Waals surface area contributed by atoms with Crippen LogP contribution < -0.4 is 10.5 Å². The average Bonchev–Trinajstić information content (AvgIpc) is 2.76. The van der Waals surface area contributed by atoms with Crippen molar-refractivity contribution in [2.24, 2.45) is 5.73 Å². The molecule has 0 spiro atoms. The smallest absolute Gasteiger partial charge is 0.119 e. The standard InChI is InChI=1S/C13H15N3OS/c1-10-6-7-15-16(10)8-9-17-12-4-2-11(3-5-12)13(14)18/h2-7H,8-9H2,1H3,(H2,14,18). The number of benzene rings is 1. The topological polar surface area (TPSA) is 53.1 Å². The summed E-state index contributed by atoms with van der Waals surface area (Å²) in [5, 5.41) is 4.19. The Kier molecular flexibility index (Phi) is 3.94. The second kappa shape index (κ2) is 5.64. The number of aromatic nitrogens is 2. The molecular formula is C13H15N3OS. The van der Waals surface area contributed by atoms with Crippen LogP contribution in [0.15, 0.2) is 36.5 Å². The molecule has 0 atom stereocenters. The molecule has 0 saturated carbocycles. The zero-order valence-corrected chi connectivity index (χ0v) is 11.0. The van der Waals surface area contributed by atoms with Crippen molar-refractivity contribution in [2.75, 3.05) is 6.61 Å². The van der Waals surface area contributed by atoms with E-state index in [0.29, 0.717) is 11.6 Å². The molecule has 2 N–H and O–H groups in total. The first-order valence-corrected chi connectivity index (χ1v) is 6.09. The Morgan fingerprint density at radius 2 is 2.06 bits per heavy atom. The fourth-order valence-electron chi connectivity index (χ4n) is 1.60. The summed E-state index contributed by atoms with van der Waals surface area (Å²) < 4.78 is 7.53. The minimum Gasteiger partial charge on any atom is -0.492 e. The second-order valence-corrected chi connectivity index (χ2v) is 4.37. The summed E-state index contributed by atoms with van der Waals surface area (Å²) in [5.41, 5.74) is 7.50. The summed E-state index contributed by atoms with van der Waals surface area (Å²) in [6.07, 6.45) is 1.78. The molecule has 2 rings (SSSR count). The summed E-state index contributed by atoms with van der Waals surface area (Å²) in [7, 11) is 0. The number of ether oxygens (including phenoxy) is 1. The lowest BCUT2D eigenvalue weighted by atomic mass is 10.2. The number of rotatable bonds is 5. The summed E-state index contributed by atoms with van der Waals surface area (Å²) in [6.45, 7) is 3.33. The van der Waals surface area contributed by atoms with E-state index in [1.807, 2.05) is 41.9 Å². The monoisotopic (exact) mass is 261 g/mol. The van der Waals surface area contributed by atoms with Crippen LogP contribution in [0.4, 0.5) is 0 Å². The molecule has 0 aliphatic carbocycles. The molecule has 0 radical (unpaired) electrons. The molecule has 0 bridgehead atoms. The van der Waals surface area contributed by atoms with Crippen LogP contribution in [0.2, 0.25) is 0 Å². The lowest BCUT2D eigenvalue weighted by Crippen LogP contribution is -2.11. The number of nitrogens with two attached hydrogens (primary N) is 1. The molecule has 0 amide bonds. The van der Waals surface area contributed by atoms with E-state index in [-0.39, 0.29) is 0 Å². The second-order valence-electron chi connectivity index (χ2n) is 3.93. The van der Waals surface area contributed by atoms with Crippen molar-refractivity contribution >= 4 is 17.2 Å². The van der Waals surface area contributed by atoms with Crippen molar-refractivity contribution in [1.82, 2.24) is 9.78 Å². The highest BCUT2D eigenvalue weighted by Crippen LogP contribution is 2.12. The van der Waals surface area contributed by atoms with Gasteiger partial charge in [0.15, 0.2) is 0 Å². The van der Waals surface area contributed by atoms with Crippen LogP contribution in [-0.2, 0) is 6.54 Å². The molecule has 1 aromatic carbocycles. The molecule has 2 aromatic rings. The highest BCUT2D eigenvalue weighted by molar-refractivity contribution is 7.80. The number of aryl methyl sites for hydroxylation is 1. The molecule has 5 heteroatoms. The van der Waals surface area contributed by atoms with Crippen LogP contribution in [-0.4, -0.2) is 21.4 Å². The number of nitrogens with zero attached hydrogens (tertiary/aromatic N) is 2. The zero-order chi connectivity index (χ0) is 13.0. The van der Waals surface area contributed by atoms with E-state index < -0.39 is 0 Å². The first-order chi connectivity index (χ1) is 8.66. The lowest BCUT2D eigenvalue weighted by Gasteiger charge is -2.08. The van der Waals surface area contributed by atoms with Crippen LogP contribution in [0.1, 0.15) is 11.3 Å². The Labute approximate surface area is 111 Å². The van der Waals surface area contributed by atoms with Gasteiger partial charge < -0.3 is 10.5 Å². The van der Waals surface area contributed by atoms with Gasteiger partial charge in [-0.2, -0.15) is 5.10 Å². The predicted octanol–water partition coefficient (Wildman–Crippen LogP) is 1.90. The Bertz CT molecular complexity index is 533. The van der Waals surface area contributed by atoms with Crippen molar-refractivity contribution in [3.8, 4) is 5.75 Å². The van der Waals surface area contributed by atoms with Gasteiger partial charge in [-0.3, -0.25) is 4.68 Å². The van der Waals surface area contributed by atoms with E-state index >= 15 is 0 Å². The van der Waals surface area contributed by atoms with Gasteiger partial charge in [-0.25, -0.2) is 0 Å². The van der Waals surface area contributed by atoms with E-state index in [1.54, 1.807) is 6.20 Å². The minimum absolute atomic E-state index is 0.397. The summed E-state index contributed by atoms with van der Waals surface area (Å²) in [5.74, 6) is 0.805. The SMILES string of the molecule is Cc1ccnn1CCOc1ccc(C(N)=S)cc1. The van der Waals surface area contributed by atoms with Crippen LogP contribution in [0.5, 0.6) is 5.75 Å². The van der Waals surface area contributed by atoms with Crippen LogP contribution in [0.25, 0.3) is 0 Å². The lowest BCUT2D eigenvalue weighted by molar-refractivity contribution is 0.290. The molecule has 0 unspecified atom stereocenters. The van der Waals surface area contributed by atoms with E-state index in [2.05, 4.69) is 5.10 Å². The maximum atomic E-state index is 5.62. The molecule has 1 aromatic heterocycles. The van der Waals surface area contributed by atoms with Gasteiger partial charge in [-0.05, 0) is 37.3 Å². The first-order valence-electron chi connectivity index (χ1n) is 5.68. The first kappa shape index (κ1) is 12.6.